The second kappa shape index (κ2) is 11.6. The number of nitrogens with zero attached hydrogens (tertiary/aromatic N) is 3. The lowest BCUT2D eigenvalue weighted by atomic mass is 10.1. The van der Waals surface area contributed by atoms with E-state index in [9.17, 15) is 5.11 Å². The Labute approximate surface area is 199 Å². The van der Waals surface area contributed by atoms with E-state index in [2.05, 4.69) is 28.1 Å². The van der Waals surface area contributed by atoms with Gasteiger partial charge >= 0.3 is 0 Å². The first-order chi connectivity index (χ1) is 15.4. The summed E-state index contributed by atoms with van der Waals surface area (Å²) in [5.74, 6) is 0.772. The molecule has 32 heavy (non-hydrogen) atoms. The van der Waals surface area contributed by atoms with E-state index < -0.39 is 6.10 Å². The van der Waals surface area contributed by atoms with Gasteiger partial charge in [0, 0.05) is 30.2 Å². The number of rotatable bonds is 11. The van der Waals surface area contributed by atoms with Crippen molar-refractivity contribution in [1.82, 2.24) is 10.2 Å². The van der Waals surface area contributed by atoms with Crippen molar-refractivity contribution in [3.8, 4) is 16.3 Å². The molecule has 1 aromatic heterocycles. The highest BCUT2D eigenvalue weighted by atomic mass is 35.5. The van der Waals surface area contributed by atoms with E-state index in [1.54, 1.807) is 11.3 Å². The first-order valence-corrected chi connectivity index (χ1v) is 12.1. The number of unbranched alkanes of at least 4 members (excludes halogenated alkanes) is 1. The molecule has 0 saturated heterocycles. The molecule has 0 aliphatic heterocycles. The number of nitrogens with two attached hydrogens (primary N) is 1. The molecule has 1 heterocycles. The van der Waals surface area contributed by atoms with Crippen molar-refractivity contribution in [2.24, 2.45) is 5.73 Å². The summed E-state index contributed by atoms with van der Waals surface area (Å²) in [6.07, 6.45) is 1.49. The zero-order valence-electron chi connectivity index (χ0n) is 18.8. The second-order valence-corrected chi connectivity index (χ2v) is 9.26. The van der Waals surface area contributed by atoms with Gasteiger partial charge in [0.15, 0.2) is 0 Å². The molecule has 0 aliphatic rings. The molecule has 6 nitrogen and oxygen atoms in total. The molecule has 0 fully saturated rings. The van der Waals surface area contributed by atoms with Gasteiger partial charge in [-0.3, -0.25) is 0 Å². The van der Waals surface area contributed by atoms with Crippen LogP contribution in [0.5, 0.6) is 5.75 Å². The molecule has 8 heteroatoms. The molecular formula is C24H31ClN4O2S. The lowest BCUT2D eigenvalue weighted by Gasteiger charge is -2.21. The highest BCUT2D eigenvalue weighted by Crippen LogP contribution is 2.34. The second-order valence-electron chi connectivity index (χ2n) is 7.90. The Morgan fingerprint density at radius 2 is 1.91 bits per heavy atom. The standard InChI is InChI=1S/C24H31ClN4O2S/c1-4-5-10-29(14-18-8-6-7-9-21(18)25)24-28-27-23(32-24)19-11-16(2)22(17(3)12-19)31-15-20(30)13-26/h6-9,11-12,20,30H,4-5,10,13-15,26H2,1-3H3. The minimum absolute atomic E-state index is 0.173. The summed E-state index contributed by atoms with van der Waals surface area (Å²) in [5, 5.41) is 21.2. The Morgan fingerprint density at radius 3 is 2.56 bits per heavy atom. The third-order valence-corrected chi connectivity index (χ3v) is 6.59. The van der Waals surface area contributed by atoms with Crippen LogP contribution in [-0.2, 0) is 6.54 Å². The lowest BCUT2D eigenvalue weighted by molar-refractivity contribution is 0.113. The van der Waals surface area contributed by atoms with Gasteiger partial charge in [-0.15, -0.1) is 10.2 Å². The fourth-order valence-electron chi connectivity index (χ4n) is 3.43. The Morgan fingerprint density at radius 1 is 1.19 bits per heavy atom. The quantitative estimate of drug-likeness (QED) is 0.407. The van der Waals surface area contributed by atoms with Gasteiger partial charge < -0.3 is 20.5 Å². The van der Waals surface area contributed by atoms with E-state index in [0.29, 0.717) is 6.54 Å². The van der Waals surface area contributed by atoms with E-state index >= 15 is 0 Å². The van der Waals surface area contributed by atoms with Crippen LogP contribution in [0, 0.1) is 13.8 Å². The lowest BCUT2D eigenvalue weighted by Crippen LogP contribution is -2.26. The number of aliphatic hydroxyl groups excluding tert-OH is 1. The maximum absolute atomic E-state index is 9.69. The molecule has 0 bridgehead atoms. The Kier molecular flexibility index (Phi) is 8.87. The van der Waals surface area contributed by atoms with Crippen LogP contribution in [0.1, 0.15) is 36.5 Å². The van der Waals surface area contributed by atoms with Crippen LogP contribution in [0.4, 0.5) is 5.13 Å². The number of hydrogen-bond donors (Lipinski definition) is 2. The summed E-state index contributed by atoms with van der Waals surface area (Å²) in [5.41, 5.74) is 9.53. The molecule has 0 radical (unpaired) electrons. The van der Waals surface area contributed by atoms with Gasteiger partial charge in [0.25, 0.3) is 0 Å². The van der Waals surface area contributed by atoms with E-state index in [1.807, 2.05) is 44.2 Å². The third kappa shape index (κ3) is 6.19. The fraction of sp³-hybridized carbons (Fsp3) is 0.417. The topological polar surface area (TPSA) is 84.5 Å². The molecule has 0 amide bonds. The van der Waals surface area contributed by atoms with Gasteiger partial charge in [0.05, 0.1) is 0 Å². The summed E-state index contributed by atoms with van der Waals surface area (Å²) < 4.78 is 5.79. The van der Waals surface area contributed by atoms with Crippen molar-refractivity contribution >= 4 is 28.1 Å². The van der Waals surface area contributed by atoms with Crippen LogP contribution in [0.2, 0.25) is 5.02 Å². The number of aryl methyl sites for hydroxylation is 2. The van der Waals surface area contributed by atoms with E-state index in [1.165, 1.54) is 0 Å². The normalized spacial score (nSPS) is 12.1. The average Bonchev–Trinajstić information content (AvgIpc) is 3.27. The number of ether oxygens (including phenoxy) is 1. The maximum atomic E-state index is 9.69. The first kappa shape index (κ1) is 24.5. The van der Waals surface area contributed by atoms with Crippen molar-refractivity contribution in [3.05, 3.63) is 58.1 Å². The minimum Gasteiger partial charge on any atom is -0.490 e. The van der Waals surface area contributed by atoms with Crippen molar-refractivity contribution < 1.29 is 9.84 Å². The van der Waals surface area contributed by atoms with Crippen LogP contribution in [0.25, 0.3) is 10.6 Å². The molecule has 0 spiro atoms. The number of benzene rings is 2. The summed E-state index contributed by atoms with van der Waals surface area (Å²) in [7, 11) is 0. The largest absolute Gasteiger partial charge is 0.490 e. The molecule has 3 rings (SSSR count). The highest BCUT2D eigenvalue weighted by Gasteiger charge is 2.17. The zero-order chi connectivity index (χ0) is 23.1. The van der Waals surface area contributed by atoms with E-state index in [4.69, 9.17) is 22.1 Å². The van der Waals surface area contributed by atoms with Gasteiger partial charge in [-0.1, -0.05) is 54.5 Å². The predicted octanol–water partition coefficient (Wildman–Crippen LogP) is 4.98. The van der Waals surface area contributed by atoms with Crippen LogP contribution < -0.4 is 15.4 Å². The Hall–Kier alpha value is -2.19. The van der Waals surface area contributed by atoms with Gasteiger partial charge in [-0.25, -0.2) is 0 Å². The smallest absolute Gasteiger partial charge is 0.208 e. The Balaban J connectivity index is 1.82. The highest BCUT2D eigenvalue weighted by molar-refractivity contribution is 7.18. The minimum atomic E-state index is -0.675. The fourth-order valence-corrected chi connectivity index (χ4v) is 4.48. The molecule has 0 aliphatic carbocycles. The van der Waals surface area contributed by atoms with Crippen molar-refractivity contribution in [1.29, 1.82) is 0 Å². The monoisotopic (exact) mass is 474 g/mol. The van der Waals surface area contributed by atoms with Crippen molar-refractivity contribution in [3.63, 3.8) is 0 Å². The number of halogens is 1. The predicted molar refractivity (Wildman–Crippen MR) is 133 cm³/mol. The van der Waals surface area contributed by atoms with Gasteiger partial charge in [-0.2, -0.15) is 0 Å². The number of aliphatic hydroxyl groups is 1. The number of hydrogen-bond acceptors (Lipinski definition) is 7. The van der Waals surface area contributed by atoms with Crippen LogP contribution in [-0.4, -0.2) is 41.1 Å². The molecule has 172 valence electrons. The number of anilines is 1. The van der Waals surface area contributed by atoms with E-state index in [-0.39, 0.29) is 13.2 Å². The SMILES string of the molecule is CCCCN(Cc1ccccc1Cl)c1nnc(-c2cc(C)c(OCC(O)CN)c(C)c2)s1. The van der Waals surface area contributed by atoms with Gasteiger partial charge in [-0.05, 0) is 55.2 Å². The van der Waals surface area contributed by atoms with Crippen LogP contribution in [0.15, 0.2) is 36.4 Å². The van der Waals surface area contributed by atoms with Crippen molar-refractivity contribution in [2.75, 3.05) is 24.6 Å². The molecule has 1 atom stereocenters. The third-order valence-electron chi connectivity index (χ3n) is 5.18. The molecular weight excluding hydrogens is 444 g/mol. The first-order valence-electron chi connectivity index (χ1n) is 10.9. The number of aromatic nitrogens is 2. The van der Waals surface area contributed by atoms with Crippen molar-refractivity contribution in [2.45, 2.75) is 46.3 Å². The van der Waals surface area contributed by atoms with Crippen LogP contribution in [0.3, 0.4) is 0 Å². The van der Waals surface area contributed by atoms with Gasteiger partial charge in [0.2, 0.25) is 5.13 Å². The summed E-state index contributed by atoms with van der Waals surface area (Å²) in [4.78, 5) is 2.25. The summed E-state index contributed by atoms with van der Waals surface area (Å²) in [6.45, 7) is 8.11. The molecule has 1 unspecified atom stereocenters. The zero-order valence-corrected chi connectivity index (χ0v) is 20.4. The van der Waals surface area contributed by atoms with Gasteiger partial charge in [0.1, 0.15) is 23.5 Å². The average molecular weight is 475 g/mol. The molecule has 3 aromatic rings. The summed E-state index contributed by atoms with van der Waals surface area (Å²) >= 11 is 7.98. The molecule has 2 aromatic carbocycles. The molecule has 0 saturated carbocycles. The Bertz CT molecular complexity index is 1000. The van der Waals surface area contributed by atoms with E-state index in [0.717, 1.165) is 62.6 Å². The maximum Gasteiger partial charge on any atom is 0.208 e. The molecule has 3 N–H and O–H groups in total. The van der Waals surface area contributed by atoms with Crippen LogP contribution >= 0.6 is 22.9 Å². The summed E-state index contributed by atoms with van der Waals surface area (Å²) in [6, 6.07) is 12.0.